The van der Waals surface area contributed by atoms with E-state index in [0.29, 0.717) is 12.1 Å². The quantitative estimate of drug-likeness (QED) is 0.819. The van der Waals surface area contributed by atoms with Gasteiger partial charge in [0.15, 0.2) is 0 Å². The van der Waals surface area contributed by atoms with E-state index in [4.69, 9.17) is 4.74 Å². The number of esters is 1. The Morgan fingerprint density at radius 3 is 2.50 bits per heavy atom. The zero-order chi connectivity index (χ0) is 13.9. The van der Waals surface area contributed by atoms with E-state index in [2.05, 4.69) is 5.32 Å². The van der Waals surface area contributed by atoms with Gasteiger partial charge in [-0.05, 0) is 31.2 Å². The predicted octanol–water partition coefficient (Wildman–Crippen LogP) is 1.59. The van der Waals surface area contributed by atoms with Crippen molar-refractivity contribution in [3.05, 3.63) is 35.9 Å². The minimum absolute atomic E-state index is 0.000915. The first-order chi connectivity index (χ1) is 9.76. The molecule has 2 N–H and O–H groups in total. The van der Waals surface area contributed by atoms with Gasteiger partial charge in [0.1, 0.15) is 12.0 Å². The number of aliphatic hydroxyl groups is 1. The summed E-state index contributed by atoms with van der Waals surface area (Å²) in [5.41, 5.74) is 0.817. The smallest absolute Gasteiger partial charge is 0.316 e. The average molecular weight is 275 g/mol. The van der Waals surface area contributed by atoms with E-state index < -0.39 is 5.92 Å². The average Bonchev–Trinajstić information content (AvgIpc) is 2.80. The van der Waals surface area contributed by atoms with Gasteiger partial charge in [-0.1, -0.05) is 30.3 Å². The van der Waals surface area contributed by atoms with Crippen LogP contribution in [0.2, 0.25) is 0 Å². The number of rotatable bonds is 4. The molecule has 108 valence electrons. The van der Waals surface area contributed by atoms with Gasteiger partial charge in [-0.15, -0.1) is 0 Å². The second-order valence-electron chi connectivity index (χ2n) is 5.81. The Bertz CT molecular complexity index is 450. The lowest BCUT2D eigenvalue weighted by Gasteiger charge is -2.29. The van der Waals surface area contributed by atoms with Gasteiger partial charge in [-0.25, -0.2) is 0 Å². The monoisotopic (exact) mass is 275 g/mol. The zero-order valence-corrected chi connectivity index (χ0v) is 11.5. The fourth-order valence-corrected chi connectivity index (χ4v) is 3.35. The van der Waals surface area contributed by atoms with Gasteiger partial charge >= 0.3 is 5.97 Å². The highest BCUT2D eigenvalue weighted by molar-refractivity contribution is 5.78. The molecule has 2 saturated heterocycles. The van der Waals surface area contributed by atoms with Crippen LogP contribution in [0, 0.1) is 0 Å². The number of benzene rings is 1. The van der Waals surface area contributed by atoms with E-state index >= 15 is 0 Å². The van der Waals surface area contributed by atoms with Gasteiger partial charge in [0, 0.05) is 12.1 Å². The third-order valence-corrected chi connectivity index (χ3v) is 4.38. The minimum Gasteiger partial charge on any atom is -0.462 e. The molecule has 2 fully saturated rings. The van der Waals surface area contributed by atoms with Crippen molar-refractivity contribution in [2.75, 3.05) is 6.61 Å². The lowest BCUT2D eigenvalue weighted by molar-refractivity contribution is -0.153. The van der Waals surface area contributed by atoms with Gasteiger partial charge in [0.2, 0.25) is 0 Å². The van der Waals surface area contributed by atoms with Crippen molar-refractivity contribution >= 4 is 5.97 Å². The fourth-order valence-electron chi connectivity index (χ4n) is 3.35. The molecule has 0 saturated carbocycles. The minimum atomic E-state index is -0.566. The molecule has 0 spiro atoms. The number of hydrogen-bond acceptors (Lipinski definition) is 4. The normalized spacial score (nSPS) is 29.9. The van der Waals surface area contributed by atoms with Crippen molar-refractivity contribution in [1.29, 1.82) is 0 Å². The number of carbonyl (C=O) groups excluding carboxylic acids is 1. The van der Waals surface area contributed by atoms with E-state index in [1.165, 1.54) is 12.8 Å². The summed E-state index contributed by atoms with van der Waals surface area (Å²) in [6.45, 7) is -0.208. The van der Waals surface area contributed by atoms with Crippen LogP contribution in [-0.2, 0) is 9.53 Å². The maximum atomic E-state index is 12.3. The van der Waals surface area contributed by atoms with Crippen LogP contribution >= 0.6 is 0 Å². The predicted molar refractivity (Wildman–Crippen MR) is 75.3 cm³/mol. The Morgan fingerprint density at radius 1 is 1.25 bits per heavy atom. The van der Waals surface area contributed by atoms with Gasteiger partial charge in [0.25, 0.3) is 0 Å². The number of nitrogens with one attached hydrogen (secondary N) is 1. The molecule has 3 rings (SSSR count). The van der Waals surface area contributed by atoms with Gasteiger partial charge in [-0.3, -0.25) is 4.79 Å². The second kappa shape index (κ2) is 5.94. The largest absolute Gasteiger partial charge is 0.462 e. The highest BCUT2D eigenvalue weighted by Crippen LogP contribution is 2.29. The highest BCUT2D eigenvalue weighted by atomic mass is 16.5. The Labute approximate surface area is 119 Å². The number of piperidine rings is 1. The molecule has 2 bridgehead atoms. The summed E-state index contributed by atoms with van der Waals surface area (Å²) in [5.74, 6) is -0.867. The van der Waals surface area contributed by atoms with Crippen LogP contribution in [0.3, 0.4) is 0 Å². The van der Waals surface area contributed by atoms with Crippen molar-refractivity contribution in [1.82, 2.24) is 5.32 Å². The third kappa shape index (κ3) is 2.86. The molecule has 1 aromatic rings. The van der Waals surface area contributed by atoms with E-state index in [0.717, 1.165) is 18.4 Å². The molecule has 4 heteroatoms. The molecule has 4 nitrogen and oxygen atoms in total. The van der Waals surface area contributed by atoms with E-state index in [-0.39, 0.29) is 18.7 Å². The van der Waals surface area contributed by atoms with Crippen LogP contribution in [0.15, 0.2) is 30.3 Å². The number of ether oxygens (including phenoxy) is 1. The molecule has 0 amide bonds. The summed E-state index contributed by atoms with van der Waals surface area (Å²) in [4.78, 5) is 12.3. The first kappa shape index (κ1) is 13.6. The molecule has 0 radical (unpaired) electrons. The Kier molecular flexibility index (Phi) is 4.03. The van der Waals surface area contributed by atoms with Gasteiger partial charge < -0.3 is 15.2 Å². The van der Waals surface area contributed by atoms with Gasteiger partial charge in [-0.2, -0.15) is 0 Å². The van der Waals surface area contributed by atoms with Crippen molar-refractivity contribution in [2.45, 2.75) is 49.8 Å². The number of aliphatic hydroxyl groups excluding tert-OH is 1. The number of carbonyl (C=O) groups is 1. The van der Waals surface area contributed by atoms with E-state index in [9.17, 15) is 9.90 Å². The van der Waals surface area contributed by atoms with Crippen LogP contribution in [0.1, 0.15) is 37.2 Å². The maximum absolute atomic E-state index is 12.3. The molecule has 2 aliphatic heterocycles. The summed E-state index contributed by atoms with van der Waals surface area (Å²) in [6.07, 6.45) is 4.16. The number of hydrogen-bond donors (Lipinski definition) is 2. The van der Waals surface area contributed by atoms with Crippen LogP contribution in [0.25, 0.3) is 0 Å². The van der Waals surface area contributed by atoms with Crippen molar-refractivity contribution in [3.8, 4) is 0 Å². The first-order valence-corrected chi connectivity index (χ1v) is 7.38. The Hall–Kier alpha value is -1.39. The molecule has 20 heavy (non-hydrogen) atoms. The summed E-state index contributed by atoms with van der Waals surface area (Å²) in [7, 11) is 0. The summed E-state index contributed by atoms with van der Waals surface area (Å²) < 4.78 is 5.64. The van der Waals surface area contributed by atoms with Gasteiger partial charge in [0.05, 0.1) is 6.61 Å². The molecular weight excluding hydrogens is 254 g/mol. The summed E-state index contributed by atoms with van der Waals surface area (Å²) in [5, 5.41) is 13.0. The molecule has 0 aromatic heterocycles. The van der Waals surface area contributed by atoms with E-state index in [1.54, 1.807) is 0 Å². The molecule has 1 unspecified atom stereocenters. The summed E-state index contributed by atoms with van der Waals surface area (Å²) in [6, 6.07) is 10.3. The van der Waals surface area contributed by atoms with Crippen LogP contribution in [0.5, 0.6) is 0 Å². The maximum Gasteiger partial charge on any atom is 0.316 e. The van der Waals surface area contributed by atoms with Crippen molar-refractivity contribution < 1.29 is 14.6 Å². The Morgan fingerprint density at radius 2 is 1.90 bits per heavy atom. The van der Waals surface area contributed by atoms with Crippen LogP contribution in [0.4, 0.5) is 0 Å². The standard InChI is InChI=1S/C16H21NO3/c18-10-15(11-4-2-1-3-5-11)16(19)20-14-8-12-6-7-13(9-14)17-12/h1-5,12-15,17-18H,6-10H2/t12-,13+,14?,15-/m0/s1. The first-order valence-electron chi connectivity index (χ1n) is 7.38. The third-order valence-electron chi connectivity index (χ3n) is 4.38. The zero-order valence-electron chi connectivity index (χ0n) is 11.5. The SMILES string of the molecule is O=C(OC1C[C@H]2CC[C@@H](C1)N2)[C@@H](CO)c1ccccc1. The summed E-state index contributed by atoms with van der Waals surface area (Å²) >= 11 is 0. The lowest BCUT2D eigenvalue weighted by atomic mass is 9.99. The molecular formula is C16H21NO3. The molecule has 4 atom stereocenters. The van der Waals surface area contributed by atoms with Crippen LogP contribution in [-0.4, -0.2) is 35.9 Å². The van der Waals surface area contributed by atoms with Crippen molar-refractivity contribution in [2.24, 2.45) is 0 Å². The molecule has 0 aliphatic carbocycles. The molecule has 1 aromatic carbocycles. The molecule has 2 heterocycles. The highest BCUT2D eigenvalue weighted by Gasteiger charge is 2.36. The lowest BCUT2D eigenvalue weighted by Crippen LogP contribution is -2.42. The topological polar surface area (TPSA) is 58.6 Å². The second-order valence-corrected chi connectivity index (χ2v) is 5.81. The molecule has 2 aliphatic rings. The van der Waals surface area contributed by atoms with Crippen LogP contribution < -0.4 is 5.32 Å². The number of fused-ring (bicyclic) bond motifs is 2. The fraction of sp³-hybridized carbons (Fsp3) is 0.562. The Balaban J connectivity index is 1.63. The van der Waals surface area contributed by atoms with E-state index in [1.807, 2.05) is 30.3 Å². The van der Waals surface area contributed by atoms with Crippen molar-refractivity contribution in [3.63, 3.8) is 0 Å².